The van der Waals surface area contributed by atoms with Crippen LogP contribution in [-0.4, -0.2) is 7.11 Å². The van der Waals surface area contributed by atoms with Crippen LogP contribution in [0.25, 0.3) is 11.1 Å². The highest BCUT2D eigenvalue weighted by Crippen LogP contribution is 2.48. The molecule has 0 saturated heterocycles. The minimum atomic E-state index is -0.668. The third-order valence-electron chi connectivity index (χ3n) is 7.04. The van der Waals surface area contributed by atoms with Crippen molar-refractivity contribution in [3.8, 4) is 16.9 Å². The number of hydrogen-bond donors (Lipinski definition) is 0. The van der Waals surface area contributed by atoms with Gasteiger partial charge in [0.05, 0.1) is 7.11 Å². The van der Waals surface area contributed by atoms with E-state index in [4.69, 9.17) is 4.74 Å². The molecular weight excluding hydrogens is 366 g/mol. The van der Waals surface area contributed by atoms with E-state index < -0.39 is 11.6 Å². The lowest BCUT2D eigenvalue weighted by Gasteiger charge is -2.41. The van der Waals surface area contributed by atoms with Gasteiger partial charge in [0.25, 0.3) is 0 Å². The predicted molar refractivity (Wildman–Crippen MR) is 114 cm³/mol. The predicted octanol–water partition coefficient (Wildman–Crippen LogP) is 7.52. The number of hydrogen-bond acceptors (Lipinski definition) is 1. The van der Waals surface area contributed by atoms with E-state index >= 15 is 0 Å². The summed E-state index contributed by atoms with van der Waals surface area (Å²) in [5.41, 5.74) is 2.73. The van der Waals surface area contributed by atoms with Crippen LogP contribution in [0, 0.1) is 29.4 Å². The van der Waals surface area contributed by atoms with Gasteiger partial charge in [0.2, 0.25) is 0 Å². The monoisotopic (exact) mass is 396 g/mol. The van der Waals surface area contributed by atoms with Crippen molar-refractivity contribution < 1.29 is 13.5 Å². The first-order valence-corrected chi connectivity index (χ1v) is 10.8. The van der Waals surface area contributed by atoms with Crippen LogP contribution in [0.1, 0.15) is 56.9 Å². The molecule has 2 aromatic carbocycles. The lowest BCUT2D eigenvalue weighted by molar-refractivity contribution is 0.133. The van der Waals surface area contributed by atoms with Crippen molar-refractivity contribution in [2.45, 2.75) is 51.4 Å². The summed E-state index contributed by atoms with van der Waals surface area (Å²) in [6.45, 7) is 2.13. The third-order valence-corrected chi connectivity index (χ3v) is 7.04. The van der Waals surface area contributed by atoms with E-state index in [1.54, 1.807) is 0 Å². The Labute approximate surface area is 172 Å². The highest BCUT2D eigenvalue weighted by molar-refractivity contribution is 5.65. The molecule has 0 heterocycles. The molecule has 2 aromatic rings. The Morgan fingerprint density at radius 1 is 0.862 bits per heavy atom. The number of fused-ring (bicyclic) bond motifs is 1. The zero-order chi connectivity index (χ0) is 20.4. The molecule has 1 nitrogen and oxygen atoms in total. The van der Waals surface area contributed by atoms with Gasteiger partial charge in [0.15, 0.2) is 17.4 Å². The van der Waals surface area contributed by atoms with Crippen molar-refractivity contribution in [1.29, 1.82) is 0 Å². The molecule has 0 bridgehead atoms. The molecule has 154 valence electrons. The number of rotatable bonds is 4. The Balaban J connectivity index is 1.45. The van der Waals surface area contributed by atoms with Crippen LogP contribution in [0.2, 0.25) is 0 Å². The summed E-state index contributed by atoms with van der Waals surface area (Å²) < 4.78 is 32.8. The molecule has 29 heavy (non-hydrogen) atoms. The Morgan fingerprint density at radius 3 is 2.17 bits per heavy atom. The van der Waals surface area contributed by atoms with Crippen molar-refractivity contribution in [1.82, 2.24) is 0 Å². The van der Waals surface area contributed by atoms with E-state index in [1.807, 2.05) is 12.1 Å². The summed E-state index contributed by atoms with van der Waals surface area (Å²) in [6, 6.07) is 10.9. The fraction of sp³-hybridized carbons (Fsp3) is 0.462. The molecule has 0 spiro atoms. The molecule has 2 saturated carbocycles. The quantitative estimate of drug-likeness (QED) is 0.486. The van der Waals surface area contributed by atoms with Gasteiger partial charge in [0, 0.05) is 0 Å². The van der Waals surface area contributed by atoms with Gasteiger partial charge in [-0.3, -0.25) is 0 Å². The zero-order valence-corrected chi connectivity index (χ0v) is 17.3. The average Bonchev–Trinajstić information content (AvgIpc) is 2.73. The van der Waals surface area contributed by atoms with Crippen molar-refractivity contribution in [3.05, 3.63) is 65.7 Å². The van der Waals surface area contributed by atoms with E-state index in [1.165, 1.54) is 63.3 Å². The Bertz CT molecular complexity index is 848. The van der Waals surface area contributed by atoms with Crippen LogP contribution >= 0.6 is 0 Å². The van der Waals surface area contributed by atoms with Crippen molar-refractivity contribution in [2.24, 2.45) is 17.8 Å². The van der Waals surface area contributed by atoms with Crippen molar-refractivity contribution in [2.75, 3.05) is 7.11 Å². The summed E-state index contributed by atoms with van der Waals surface area (Å²) >= 11 is 0. The molecule has 2 aliphatic carbocycles. The van der Waals surface area contributed by atoms with Gasteiger partial charge in [-0.2, -0.15) is 0 Å². The summed E-state index contributed by atoms with van der Waals surface area (Å²) in [4.78, 5) is 0. The Hall–Kier alpha value is -2.16. The van der Waals surface area contributed by atoms with E-state index in [2.05, 4.69) is 31.2 Å². The highest BCUT2D eigenvalue weighted by Gasteiger charge is 2.35. The maximum absolute atomic E-state index is 14.0. The second-order valence-corrected chi connectivity index (χ2v) is 8.72. The molecule has 0 N–H and O–H groups in total. The third kappa shape index (κ3) is 4.24. The number of halogens is 2. The molecule has 3 heteroatoms. The molecule has 4 rings (SSSR count). The average molecular weight is 397 g/mol. The molecule has 0 aromatic heterocycles. The van der Waals surface area contributed by atoms with Gasteiger partial charge in [-0.15, -0.1) is 0 Å². The number of ether oxygens (including phenoxy) is 1. The SMILES string of the molecule is C/C=C/C1CCC2CC(c3ccc(-c4cc(F)c(OC)c(F)c4)cc3)CCC2C1. The second-order valence-electron chi connectivity index (χ2n) is 8.72. The second kappa shape index (κ2) is 8.69. The van der Waals surface area contributed by atoms with E-state index in [0.717, 1.165) is 23.3 Å². The van der Waals surface area contributed by atoms with Crippen LogP contribution < -0.4 is 4.74 Å². The summed E-state index contributed by atoms with van der Waals surface area (Å²) in [7, 11) is 1.28. The zero-order valence-electron chi connectivity index (χ0n) is 17.3. The van der Waals surface area contributed by atoms with Gasteiger partial charge in [0.1, 0.15) is 0 Å². The van der Waals surface area contributed by atoms with E-state index in [0.29, 0.717) is 11.5 Å². The molecule has 2 fully saturated rings. The minimum Gasteiger partial charge on any atom is -0.491 e. The largest absolute Gasteiger partial charge is 0.491 e. The maximum Gasteiger partial charge on any atom is 0.190 e. The first-order chi connectivity index (χ1) is 14.1. The van der Waals surface area contributed by atoms with Crippen LogP contribution in [0.4, 0.5) is 8.78 Å². The normalized spacial score (nSPS) is 27.0. The van der Waals surface area contributed by atoms with Crippen LogP contribution in [0.3, 0.4) is 0 Å². The number of methoxy groups -OCH3 is 1. The Kier molecular flexibility index (Phi) is 6.03. The molecule has 2 aliphatic rings. The molecule has 0 aliphatic heterocycles. The van der Waals surface area contributed by atoms with Gasteiger partial charge in [-0.1, -0.05) is 36.4 Å². The first-order valence-electron chi connectivity index (χ1n) is 10.8. The van der Waals surface area contributed by atoms with Gasteiger partial charge < -0.3 is 4.74 Å². The molecule has 0 amide bonds. The first kappa shape index (κ1) is 20.1. The standard InChI is InChI=1S/C26H30F2O/c1-3-4-17-5-6-22-14-21(12-11-20(22)13-17)18-7-9-19(10-8-18)23-15-24(27)26(29-2)25(28)16-23/h3-4,7-10,15-17,20-22H,5-6,11-14H2,1-2H3/b4-3+. The Morgan fingerprint density at radius 2 is 1.52 bits per heavy atom. The number of allylic oxidation sites excluding steroid dienone is 2. The van der Waals surface area contributed by atoms with Crippen LogP contribution in [0.5, 0.6) is 5.75 Å². The van der Waals surface area contributed by atoms with Crippen LogP contribution in [-0.2, 0) is 0 Å². The number of benzene rings is 2. The maximum atomic E-state index is 14.0. The van der Waals surface area contributed by atoms with Gasteiger partial charge >= 0.3 is 0 Å². The lowest BCUT2D eigenvalue weighted by atomic mass is 9.64. The van der Waals surface area contributed by atoms with Crippen molar-refractivity contribution >= 4 is 0 Å². The lowest BCUT2D eigenvalue weighted by Crippen LogP contribution is -2.30. The van der Waals surface area contributed by atoms with Gasteiger partial charge in [-0.25, -0.2) is 8.78 Å². The smallest absolute Gasteiger partial charge is 0.190 e. The van der Waals surface area contributed by atoms with Crippen molar-refractivity contribution in [3.63, 3.8) is 0 Å². The fourth-order valence-electron chi connectivity index (χ4n) is 5.54. The minimum absolute atomic E-state index is 0.328. The fourth-order valence-corrected chi connectivity index (χ4v) is 5.54. The van der Waals surface area contributed by atoms with Crippen LogP contribution in [0.15, 0.2) is 48.6 Å². The topological polar surface area (TPSA) is 9.23 Å². The molecular formula is C26H30F2O. The molecule has 0 radical (unpaired) electrons. The molecule has 4 atom stereocenters. The summed E-state index contributed by atoms with van der Waals surface area (Å²) in [5, 5.41) is 0. The summed E-state index contributed by atoms with van der Waals surface area (Å²) in [6.07, 6.45) is 12.5. The highest BCUT2D eigenvalue weighted by atomic mass is 19.1. The van der Waals surface area contributed by atoms with E-state index in [-0.39, 0.29) is 5.75 Å². The molecule has 4 unspecified atom stereocenters. The summed E-state index contributed by atoms with van der Waals surface area (Å²) in [5.74, 6) is 1.45. The van der Waals surface area contributed by atoms with E-state index in [9.17, 15) is 8.78 Å². The van der Waals surface area contributed by atoms with Gasteiger partial charge in [-0.05, 0) is 97.9 Å².